The first-order valence-electron chi connectivity index (χ1n) is 15.3. The van der Waals surface area contributed by atoms with E-state index in [1.165, 1.54) is 0 Å². The molecule has 0 fully saturated rings. The number of fused-ring (bicyclic) bond motifs is 6. The van der Waals surface area contributed by atoms with Gasteiger partial charge in [-0.3, -0.25) is 0 Å². The molecule has 0 aliphatic carbocycles. The second-order valence-corrected chi connectivity index (χ2v) is 11.7. The second kappa shape index (κ2) is 11.3. The zero-order valence-electron chi connectivity index (χ0n) is 26.0. The van der Waals surface area contributed by atoms with Gasteiger partial charge >= 0.3 is 0 Å². The Hall–Kier alpha value is -8.14. The lowest BCUT2D eigenvalue weighted by atomic mass is 9.98. The number of hydrogen-bond donors (Lipinski definition) is 0. The molecule has 0 atom stereocenters. The predicted octanol–water partition coefficient (Wildman–Crippen LogP) is 10.1. The molecule has 226 valence electrons. The van der Waals surface area contributed by atoms with Crippen LogP contribution < -0.4 is 0 Å². The third-order valence-electron chi connectivity index (χ3n) is 9.03. The number of rotatable bonds is 3. The van der Waals surface area contributed by atoms with Crippen LogP contribution in [0.1, 0.15) is 22.3 Å². The van der Waals surface area contributed by atoms with Gasteiger partial charge in [0.05, 0.1) is 87.0 Å². The van der Waals surface area contributed by atoms with Gasteiger partial charge in [0.1, 0.15) is 6.07 Å². The number of nitrogens with zero attached hydrogens (tertiary/aromatic N) is 8. The van der Waals surface area contributed by atoms with Crippen molar-refractivity contribution in [2.75, 3.05) is 0 Å². The SMILES string of the molecule is [C-]#[N+]c1ccc2c(c1)c1cc([N+]#[C-])ccc1n2-c1cc(C#N)c(-n2c3ccc(C#N)cc3c3cc(C#N)ccc32)cc1-c1cccc(C#N)c1. The summed E-state index contributed by atoms with van der Waals surface area (Å²) in [5, 5.41) is 43.2. The van der Waals surface area contributed by atoms with Crippen molar-refractivity contribution in [1.29, 1.82) is 21.0 Å². The molecule has 2 aromatic heterocycles. The molecular formula is C42H18N8. The molecule has 0 radical (unpaired) electrons. The summed E-state index contributed by atoms with van der Waals surface area (Å²) in [5.74, 6) is 0. The molecule has 2 heterocycles. The average molecular weight is 635 g/mol. The van der Waals surface area contributed by atoms with Crippen molar-refractivity contribution >= 4 is 55.0 Å². The van der Waals surface area contributed by atoms with Crippen LogP contribution in [0.3, 0.4) is 0 Å². The van der Waals surface area contributed by atoms with Gasteiger partial charge in [0.15, 0.2) is 11.4 Å². The lowest BCUT2D eigenvalue weighted by Crippen LogP contribution is -2.04. The molecular weight excluding hydrogens is 617 g/mol. The number of hydrogen-bond acceptors (Lipinski definition) is 4. The predicted molar refractivity (Wildman–Crippen MR) is 192 cm³/mol. The number of aromatic nitrogens is 2. The minimum atomic E-state index is 0.360. The van der Waals surface area contributed by atoms with E-state index in [1.54, 1.807) is 48.5 Å². The van der Waals surface area contributed by atoms with E-state index in [0.29, 0.717) is 45.0 Å². The van der Waals surface area contributed by atoms with Crippen LogP contribution in [0.2, 0.25) is 0 Å². The molecule has 8 heteroatoms. The van der Waals surface area contributed by atoms with Crippen molar-refractivity contribution in [2.45, 2.75) is 0 Å². The van der Waals surface area contributed by atoms with E-state index in [4.69, 9.17) is 13.1 Å². The van der Waals surface area contributed by atoms with Crippen LogP contribution in [0.5, 0.6) is 0 Å². The van der Waals surface area contributed by atoms with Gasteiger partial charge in [-0.05, 0) is 101 Å². The van der Waals surface area contributed by atoms with E-state index >= 15 is 0 Å². The summed E-state index contributed by atoms with van der Waals surface area (Å²) in [6, 6.07) is 41.7. The van der Waals surface area contributed by atoms with Crippen molar-refractivity contribution in [3.8, 4) is 46.8 Å². The summed E-state index contributed by atoms with van der Waals surface area (Å²) < 4.78 is 4.01. The van der Waals surface area contributed by atoms with E-state index in [0.717, 1.165) is 54.7 Å². The second-order valence-electron chi connectivity index (χ2n) is 11.7. The normalized spacial score (nSPS) is 10.7. The minimum Gasteiger partial charge on any atom is -0.309 e. The number of nitriles is 4. The third kappa shape index (κ3) is 4.33. The van der Waals surface area contributed by atoms with Crippen molar-refractivity contribution in [2.24, 2.45) is 0 Å². The molecule has 50 heavy (non-hydrogen) atoms. The Balaban J connectivity index is 1.54. The monoisotopic (exact) mass is 634 g/mol. The molecule has 8 nitrogen and oxygen atoms in total. The third-order valence-corrected chi connectivity index (χ3v) is 9.03. The highest BCUT2D eigenvalue weighted by atomic mass is 15.0. The van der Waals surface area contributed by atoms with Crippen molar-refractivity contribution in [3.05, 3.63) is 154 Å². The molecule has 0 unspecified atom stereocenters. The fourth-order valence-electron chi connectivity index (χ4n) is 6.84. The van der Waals surface area contributed by atoms with Crippen LogP contribution in [-0.2, 0) is 0 Å². The summed E-state index contributed by atoms with van der Waals surface area (Å²) in [7, 11) is 0. The van der Waals surface area contributed by atoms with Gasteiger partial charge in [-0.25, -0.2) is 9.69 Å². The van der Waals surface area contributed by atoms with Gasteiger partial charge in [0, 0.05) is 16.3 Å². The largest absolute Gasteiger partial charge is 0.309 e. The van der Waals surface area contributed by atoms with Crippen LogP contribution in [0, 0.1) is 58.5 Å². The molecule has 6 aromatic carbocycles. The molecule has 8 rings (SSSR count). The van der Waals surface area contributed by atoms with Crippen molar-refractivity contribution in [3.63, 3.8) is 0 Å². The summed E-state index contributed by atoms with van der Waals surface area (Å²) in [5.41, 5.74) is 8.50. The summed E-state index contributed by atoms with van der Waals surface area (Å²) >= 11 is 0. The van der Waals surface area contributed by atoms with E-state index in [-0.39, 0.29) is 0 Å². The van der Waals surface area contributed by atoms with Crippen LogP contribution in [0.15, 0.2) is 109 Å². The van der Waals surface area contributed by atoms with Gasteiger partial charge in [-0.2, -0.15) is 21.0 Å². The first-order valence-corrected chi connectivity index (χ1v) is 15.3. The smallest absolute Gasteiger partial charge is 0.188 e. The minimum absolute atomic E-state index is 0.360. The standard InChI is InChI=1S/C42H18N8/c1-47-30-8-12-39-35(18-30)36-19-31(48-2)9-13-40(36)50(39)42-17-29(24-46)41(20-32(42)28-5-3-4-25(14-28)21-43)49-37-10-6-26(22-44)15-33(37)34-16-27(23-45)7-11-38(34)49/h3-20H. The zero-order chi connectivity index (χ0) is 34.5. The van der Waals surface area contributed by atoms with Gasteiger partial charge < -0.3 is 9.13 Å². The van der Waals surface area contributed by atoms with Crippen LogP contribution in [0.25, 0.3) is 75.8 Å². The maximum atomic E-state index is 10.8. The molecule has 0 aliphatic heterocycles. The molecule has 0 aliphatic rings. The Bertz CT molecular complexity index is 2920. The maximum Gasteiger partial charge on any atom is 0.188 e. The first kappa shape index (κ1) is 29.3. The van der Waals surface area contributed by atoms with E-state index in [1.807, 2.05) is 69.8 Å². The highest BCUT2D eigenvalue weighted by molar-refractivity contribution is 6.13. The first-order chi connectivity index (χ1) is 24.5. The van der Waals surface area contributed by atoms with Gasteiger partial charge in [-0.15, -0.1) is 0 Å². The Morgan fingerprint density at radius 3 is 1.44 bits per heavy atom. The molecule has 8 aromatic rings. The molecule has 0 bridgehead atoms. The Kier molecular flexibility index (Phi) is 6.60. The summed E-state index contributed by atoms with van der Waals surface area (Å²) in [4.78, 5) is 7.29. The van der Waals surface area contributed by atoms with Crippen LogP contribution >= 0.6 is 0 Å². The lowest BCUT2D eigenvalue weighted by Gasteiger charge is -2.19. The Morgan fingerprint density at radius 1 is 0.460 bits per heavy atom. The molecule has 0 spiro atoms. The van der Waals surface area contributed by atoms with Crippen molar-refractivity contribution < 1.29 is 0 Å². The van der Waals surface area contributed by atoms with Crippen molar-refractivity contribution in [1.82, 2.24) is 9.13 Å². The van der Waals surface area contributed by atoms with Gasteiger partial charge in [-0.1, -0.05) is 24.3 Å². The maximum absolute atomic E-state index is 10.8. The van der Waals surface area contributed by atoms with Crippen LogP contribution in [-0.4, -0.2) is 9.13 Å². The molecule has 0 saturated carbocycles. The van der Waals surface area contributed by atoms with Gasteiger partial charge in [0.25, 0.3) is 0 Å². The van der Waals surface area contributed by atoms with Gasteiger partial charge in [0.2, 0.25) is 0 Å². The molecule has 0 amide bonds. The highest BCUT2D eigenvalue weighted by Gasteiger charge is 2.22. The summed E-state index contributed by atoms with van der Waals surface area (Å²) in [6.07, 6.45) is 0. The average Bonchev–Trinajstić information content (AvgIpc) is 3.67. The highest BCUT2D eigenvalue weighted by Crippen LogP contribution is 2.42. The fourth-order valence-corrected chi connectivity index (χ4v) is 6.84. The molecule has 0 saturated heterocycles. The van der Waals surface area contributed by atoms with E-state index in [2.05, 4.69) is 34.0 Å². The van der Waals surface area contributed by atoms with E-state index < -0.39 is 0 Å². The topological polar surface area (TPSA) is 114 Å². The molecule has 0 N–H and O–H groups in total. The summed E-state index contributed by atoms with van der Waals surface area (Å²) in [6.45, 7) is 15.3. The Labute approximate surface area is 285 Å². The quantitative estimate of drug-likeness (QED) is 0.180. The zero-order valence-corrected chi connectivity index (χ0v) is 26.0. The lowest BCUT2D eigenvalue weighted by molar-refractivity contribution is 1.14. The fraction of sp³-hybridized carbons (Fsp3) is 0. The number of benzene rings is 6. The Morgan fingerprint density at radius 2 is 0.940 bits per heavy atom. The van der Waals surface area contributed by atoms with E-state index in [9.17, 15) is 21.0 Å². The van der Waals surface area contributed by atoms with Crippen LogP contribution in [0.4, 0.5) is 11.4 Å².